The molecular formula is C82H134O38. The zero-order chi connectivity index (χ0) is 89.1. The fourth-order valence-electron chi connectivity index (χ4n) is 14.8. The third-order valence-corrected chi connectivity index (χ3v) is 22.9. The fraction of sp³-hybridized carbons (Fsp3) is 0.793. The molecule has 38 nitrogen and oxygen atoms in total. The number of esters is 1. The van der Waals surface area contributed by atoms with Crippen molar-refractivity contribution < 1.29 is 188 Å². The Morgan fingerprint density at radius 3 is 1.15 bits per heavy atom. The van der Waals surface area contributed by atoms with E-state index in [1.807, 2.05) is 45.1 Å². The molecular weight excluding hydrogens is 1590 g/mol. The Kier molecular flexibility index (Phi) is 40.9. The topological polar surface area (TPSA) is 601 Å². The van der Waals surface area contributed by atoms with Crippen LogP contribution in [0.5, 0.6) is 0 Å². The zero-order valence-corrected chi connectivity index (χ0v) is 69.7. The normalized spacial score (nSPS) is 41.1. The van der Waals surface area contributed by atoms with Gasteiger partial charge in [-0.3, -0.25) is 0 Å². The van der Waals surface area contributed by atoms with Crippen LogP contribution in [0, 0.1) is 0 Å². The Bertz CT molecular complexity index is 3340. The molecule has 0 bridgehead atoms. The van der Waals surface area contributed by atoms with Crippen LogP contribution in [0.3, 0.4) is 0 Å². The third-order valence-electron chi connectivity index (χ3n) is 22.9. The molecule has 7 fully saturated rings. The van der Waals surface area contributed by atoms with Crippen molar-refractivity contribution in [3.05, 3.63) is 95.2 Å². The molecule has 120 heavy (non-hydrogen) atoms. The molecule has 0 amide bonds. The summed E-state index contributed by atoms with van der Waals surface area (Å²) >= 11 is 0. The van der Waals surface area contributed by atoms with E-state index in [0.717, 1.165) is 22.3 Å². The second kappa shape index (κ2) is 47.7. The molecule has 7 saturated heterocycles. The quantitative estimate of drug-likeness (QED) is 0.0161. The molecule has 22 N–H and O–H groups in total. The minimum atomic E-state index is -1.91. The highest BCUT2D eigenvalue weighted by atomic mass is 16.8. The van der Waals surface area contributed by atoms with E-state index in [4.69, 9.17) is 71.1 Å². The number of ether oxygens (including phenoxy) is 15. The van der Waals surface area contributed by atoms with Crippen LogP contribution in [-0.2, 0) is 75.8 Å². The van der Waals surface area contributed by atoms with E-state index in [1.54, 1.807) is 27.7 Å². The van der Waals surface area contributed by atoms with Crippen LogP contribution in [0.15, 0.2) is 95.2 Å². The van der Waals surface area contributed by atoms with Crippen LogP contribution in [0.4, 0.5) is 0 Å². The lowest BCUT2D eigenvalue weighted by Crippen LogP contribution is -2.65. The first-order chi connectivity index (χ1) is 56.6. The standard InChI is InChI=1S/C82H134O38/c1-13-81(11,119-79-71(62(98)56(92)49(34-85)112-79)117-76-66(102)59(95)54(90)47(32-83)110-76)28-18-26-39(4)21-15-20-38(3)23-17-25-42(7)36-106-75-68(104)64(100)69(51(114-75)37-107-74-65(101)58(94)52(88)44(9)108-74)116-78-70(61(97)53(89)45(10)109-78)115-73(105)43(8)31-46(87)30-41(6)24-16-22-40(5)27-19-29-82(12,14-2)120-80-72(63(99)57(93)50(35-86)113-80)118-77-67(103)60(96)55(91)48(33-84)111-77/h13-14,20,24-27,31,44-72,74-80,83-104H,1-2,15-19,21-23,28-30,32-37H2,3-12H3/b38-20+,39-26+,40-27+,41-24+,42-25+,43-31+/t44-,45-,46?,47+,48+,49+,50+,51+,52-,53-,54+,55+,56+,57+,58+,59-,60-,61+,62-,63-,64+,65+,66+,67+,68+,69+,70+,71+,72+,74+,75+,76-,77-,78-,79-,80-,81+,82+/m0/s1. The Balaban J connectivity index is 0.909. The lowest BCUT2D eigenvalue weighted by atomic mass is 9.95. The number of aliphatic hydroxyl groups excluding tert-OH is 22. The van der Waals surface area contributed by atoms with Crippen LogP contribution < -0.4 is 0 Å². The molecule has 0 aromatic carbocycles. The molecule has 0 aromatic heterocycles. The van der Waals surface area contributed by atoms with Gasteiger partial charge in [0.1, 0.15) is 153 Å². The summed E-state index contributed by atoms with van der Waals surface area (Å²) in [5.74, 6) is -1.07. The van der Waals surface area contributed by atoms with Gasteiger partial charge in [0.2, 0.25) is 0 Å². The smallest absolute Gasteiger partial charge is 0.334 e. The predicted octanol–water partition coefficient (Wildman–Crippen LogP) is -3.44. The van der Waals surface area contributed by atoms with Crippen molar-refractivity contribution in [3.63, 3.8) is 0 Å². The van der Waals surface area contributed by atoms with E-state index in [0.29, 0.717) is 63.4 Å². The van der Waals surface area contributed by atoms with E-state index >= 15 is 0 Å². The second-order valence-corrected chi connectivity index (χ2v) is 32.9. The van der Waals surface area contributed by atoms with Crippen molar-refractivity contribution in [1.29, 1.82) is 0 Å². The molecule has 690 valence electrons. The van der Waals surface area contributed by atoms with Crippen LogP contribution in [0.25, 0.3) is 0 Å². The van der Waals surface area contributed by atoms with Gasteiger partial charge in [0.25, 0.3) is 0 Å². The van der Waals surface area contributed by atoms with Crippen LogP contribution >= 0.6 is 0 Å². The molecule has 0 aliphatic carbocycles. The first kappa shape index (κ1) is 103. The minimum Gasteiger partial charge on any atom is -0.451 e. The van der Waals surface area contributed by atoms with Crippen molar-refractivity contribution in [1.82, 2.24) is 0 Å². The minimum absolute atomic E-state index is 0.0718. The van der Waals surface area contributed by atoms with Gasteiger partial charge in [0.15, 0.2) is 50.1 Å². The maximum atomic E-state index is 13.9. The summed E-state index contributed by atoms with van der Waals surface area (Å²) in [7, 11) is 0. The summed E-state index contributed by atoms with van der Waals surface area (Å²) in [6, 6.07) is 0. The monoisotopic (exact) mass is 1730 g/mol. The number of carbonyl (C=O) groups excluding carboxylic acids is 1. The first-order valence-electron chi connectivity index (χ1n) is 40.9. The lowest BCUT2D eigenvalue weighted by Gasteiger charge is -2.47. The van der Waals surface area contributed by atoms with Gasteiger partial charge in [0, 0.05) is 5.57 Å². The molecule has 0 spiro atoms. The number of hydrogen-bond donors (Lipinski definition) is 22. The largest absolute Gasteiger partial charge is 0.451 e. The van der Waals surface area contributed by atoms with Crippen LogP contribution in [0.2, 0.25) is 0 Å². The summed E-state index contributed by atoms with van der Waals surface area (Å²) in [6.07, 6.45) is -38.6. The summed E-state index contributed by atoms with van der Waals surface area (Å²) in [5, 5.41) is 235. The molecule has 7 heterocycles. The second-order valence-electron chi connectivity index (χ2n) is 32.9. The Labute approximate surface area is 698 Å². The Hall–Kier alpha value is -4.05. The van der Waals surface area contributed by atoms with Gasteiger partial charge in [-0.05, 0) is 146 Å². The van der Waals surface area contributed by atoms with E-state index in [1.165, 1.54) is 39.0 Å². The molecule has 1 unspecified atom stereocenters. The highest BCUT2D eigenvalue weighted by Crippen LogP contribution is 2.39. The van der Waals surface area contributed by atoms with E-state index in [2.05, 4.69) is 19.2 Å². The number of allylic oxidation sites excluding steroid dienone is 8. The SMILES string of the molecule is C=C[C@](C)(CC/C=C(\C)CC/C=C(\C)CC/C=C(\C)CO[C@@H]1O[C@H](CO[C@@H]2O[C@@H](C)[C@H](O)[C@@H](O)[C@H]2O)[C@@H](O[C@@H]2O[C@@H](C)[C@H](O)[C@@H](O)[C@H]2OC(=O)/C(C)=C/C(O)C/C(C)=C/CC/C(C)=C/CC[C@@](C)(C=C)O[C@@H]2O[C@H](CO)[C@@H](O)[C@H](O)[C@H]2O[C@@H]2O[C@H](CO)[C@@H](O)[C@H](O)[C@H]2O)[C@H](O)[C@H]1O)O[C@@H]1O[C@H](CO)[C@@H](O)[C@H](O)[C@H]1O[C@@H]1O[C@H](CO)[C@@H](O)[C@H](O)[C@H]1O. The zero-order valence-electron chi connectivity index (χ0n) is 69.7. The van der Waals surface area contributed by atoms with Gasteiger partial charge < -0.3 is 183 Å². The first-order valence-corrected chi connectivity index (χ1v) is 40.9. The van der Waals surface area contributed by atoms with Crippen molar-refractivity contribution >= 4 is 5.97 Å². The summed E-state index contributed by atoms with van der Waals surface area (Å²) < 4.78 is 88.7. The fourth-order valence-corrected chi connectivity index (χ4v) is 14.8. The molecule has 7 rings (SSSR count). The highest BCUT2D eigenvalue weighted by Gasteiger charge is 2.57. The van der Waals surface area contributed by atoms with Gasteiger partial charge in [-0.15, -0.1) is 13.2 Å². The highest BCUT2D eigenvalue weighted by molar-refractivity contribution is 5.88. The Morgan fingerprint density at radius 1 is 0.375 bits per heavy atom. The molecule has 0 saturated carbocycles. The van der Waals surface area contributed by atoms with Gasteiger partial charge >= 0.3 is 5.97 Å². The average molecular weight is 1730 g/mol. The van der Waals surface area contributed by atoms with Gasteiger partial charge in [-0.2, -0.15) is 0 Å². The molecule has 0 aromatic rings. The third kappa shape index (κ3) is 27.5. The number of hydrogen-bond acceptors (Lipinski definition) is 38. The molecule has 38 atom stereocenters. The number of rotatable bonds is 42. The van der Waals surface area contributed by atoms with Gasteiger partial charge in [0.05, 0.1) is 69.2 Å². The van der Waals surface area contributed by atoms with Crippen molar-refractivity contribution in [3.8, 4) is 0 Å². The van der Waals surface area contributed by atoms with E-state index in [9.17, 15) is 117 Å². The maximum Gasteiger partial charge on any atom is 0.334 e. The van der Waals surface area contributed by atoms with Crippen molar-refractivity contribution in [2.75, 3.05) is 39.6 Å². The molecule has 38 heteroatoms. The number of carbonyl (C=O) groups is 1. The predicted molar refractivity (Wildman–Crippen MR) is 418 cm³/mol. The summed E-state index contributed by atoms with van der Waals surface area (Å²) in [5.41, 5.74) is 2.11. The van der Waals surface area contributed by atoms with E-state index < -0.39 is 271 Å². The van der Waals surface area contributed by atoms with E-state index in [-0.39, 0.29) is 25.0 Å². The molecule has 7 aliphatic heterocycles. The van der Waals surface area contributed by atoms with Crippen molar-refractivity contribution in [2.45, 2.75) is 372 Å². The van der Waals surface area contributed by atoms with Crippen molar-refractivity contribution in [2.24, 2.45) is 0 Å². The summed E-state index contributed by atoms with van der Waals surface area (Å²) in [4.78, 5) is 13.9. The Morgan fingerprint density at radius 2 is 0.708 bits per heavy atom. The molecule has 0 radical (unpaired) electrons. The van der Waals surface area contributed by atoms with Crippen LogP contribution in [-0.4, -0.2) is 390 Å². The maximum absolute atomic E-state index is 13.9. The van der Waals surface area contributed by atoms with Gasteiger partial charge in [-0.1, -0.05) is 70.4 Å². The summed E-state index contributed by atoms with van der Waals surface area (Å²) in [6.45, 7) is 21.2. The lowest BCUT2D eigenvalue weighted by molar-refractivity contribution is -0.375. The average Bonchev–Trinajstić information content (AvgIpc) is 0.787. The van der Waals surface area contributed by atoms with Crippen LogP contribution in [0.1, 0.15) is 140 Å². The number of aliphatic hydroxyl groups is 22. The van der Waals surface area contributed by atoms with Gasteiger partial charge in [-0.25, -0.2) is 4.79 Å². The molecule has 7 aliphatic rings.